The van der Waals surface area contributed by atoms with Crippen LogP contribution in [-0.4, -0.2) is 27.3 Å². The number of nitrogens with one attached hydrogen (secondary N) is 2. The molecule has 2 unspecified atom stereocenters. The highest BCUT2D eigenvalue weighted by Crippen LogP contribution is 2.32. The van der Waals surface area contributed by atoms with Crippen LogP contribution in [0.2, 0.25) is 0 Å². The van der Waals surface area contributed by atoms with Gasteiger partial charge in [0.1, 0.15) is 17.5 Å². The molecule has 36 heavy (non-hydrogen) atoms. The van der Waals surface area contributed by atoms with Crippen molar-refractivity contribution in [1.82, 2.24) is 10.1 Å². The number of carboxylic acid groups (broad SMARTS) is 1. The number of hydrogen-bond donors (Lipinski definition) is 3. The molecule has 9 nitrogen and oxygen atoms in total. The van der Waals surface area contributed by atoms with Crippen molar-refractivity contribution < 1.29 is 28.3 Å². The number of carbonyl (C=O) groups excluding carboxylic acids is 1. The predicted octanol–water partition coefficient (Wildman–Crippen LogP) is 6.12. The number of nitrogens with zero attached hydrogens (tertiary/aromatic N) is 2. The number of amides is 1. The first-order valence-corrected chi connectivity index (χ1v) is 11.1. The maximum atomic E-state index is 14.4. The zero-order valence-electron chi connectivity index (χ0n) is 19.4. The molecule has 1 amide bonds. The van der Waals surface area contributed by atoms with Gasteiger partial charge in [-0.15, -0.1) is 0 Å². The van der Waals surface area contributed by atoms with Crippen LogP contribution in [0.5, 0.6) is 0 Å². The number of hydrogen-bond acceptors (Lipinski definition) is 7. The fourth-order valence-corrected chi connectivity index (χ4v) is 3.56. The summed E-state index contributed by atoms with van der Waals surface area (Å²) in [4.78, 5) is 28.1. The number of aliphatic carboxylic acids is 1. The summed E-state index contributed by atoms with van der Waals surface area (Å²) in [5.74, 6) is -2.42. The molecule has 0 fully saturated rings. The molecule has 2 atom stereocenters. The van der Waals surface area contributed by atoms with E-state index in [2.05, 4.69) is 20.8 Å². The Balaban J connectivity index is 1.49. The standard InChI is InChI=1S/C26H23FN4O5/c1-15(25(32)33)19-10-6-7-11-20(19)29-21-13-12-18(14-28-21)22-23(27)31-36-24(22)30-26(34)35-16(2)17-8-4-3-5-9-17/h3-16H,1-2H3,(H,28,29)(H,30,34)(H,32,33). The average molecular weight is 490 g/mol. The molecule has 0 saturated carbocycles. The third-order valence-electron chi connectivity index (χ3n) is 5.53. The molecule has 2 heterocycles. The van der Waals surface area contributed by atoms with Gasteiger partial charge in [0.25, 0.3) is 5.95 Å². The summed E-state index contributed by atoms with van der Waals surface area (Å²) in [6.07, 6.45) is 0.00456. The van der Waals surface area contributed by atoms with Gasteiger partial charge in [-0.05, 0) is 48.3 Å². The Morgan fingerprint density at radius 3 is 2.44 bits per heavy atom. The minimum atomic E-state index is -0.952. The van der Waals surface area contributed by atoms with E-state index >= 15 is 0 Å². The highest BCUT2D eigenvalue weighted by molar-refractivity contribution is 5.89. The van der Waals surface area contributed by atoms with Gasteiger partial charge in [-0.3, -0.25) is 10.1 Å². The fraction of sp³-hybridized carbons (Fsp3) is 0.154. The second kappa shape index (κ2) is 10.7. The number of carboxylic acids is 1. The summed E-state index contributed by atoms with van der Waals surface area (Å²) in [5.41, 5.74) is 2.19. The summed E-state index contributed by atoms with van der Waals surface area (Å²) in [7, 11) is 0. The fourth-order valence-electron chi connectivity index (χ4n) is 3.56. The van der Waals surface area contributed by atoms with Crippen molar-refractivity contribution in [3.8, 4) is 11.1 Å². The zero-order valence-corrected chi connectivity index (χ0v) is 19.4. The lowest BCUT2D eigenvalue weighted by molar-refractivity contribution is -0.138. The van der Waals surface area contributed by atoms with Crippen molar-refractivity contribution in [1.29, 1.82) is 0 Å². The van der Waals surface area contributed by atoms with Gasteiger partial charge in [-0.1, -0.05) is 48.5 Å². The van der Waals surface area contributed by atoms with Crippen molar-refractivity contribution in [2.45, 2.75) is 25.9 Å². The molecule has 0 radical (unpaired) electrons. The van der Waals surface area contributed by atoms with Gasteiger partial charge in [0, 0.05) is 17.4 Å². The molecule has 10 heteroatoms. The van der Waals surface area contributed by atoms with Crippen LogP contribution >= 0.6 is 0 Å². The molecule has 4 aromatic rings. The van der Waals surface area contributed by atoms with Crippen molar-refractivity contribution >= 4 is 29.5 Å². The van der Waals surface area contributed by atoms with Gasteiger partial charge in [0.15, 0.2) is 0 Å². The summed E-state index contributed by atoms with van der Waals surface area (Å²) in [5, 5.41) is 18.1. The monoisotopic (exact) mass is 490 g/mol. The maximum absolute atomic E-state index is 14.4. The number of anilines is 3. The second-order valence-corrected chi connectivity index (χ2v) is 7.97. The summed E-state index contributed by atoms with van der Waals surface area (Å²) < 4.78 is 24.8. The Hall–Kier alpha value is -4.73. The highest BCUT2D eigenvalue weighted by atomic mass is 19.1. The van der Waals surface area contributed by atoms with Crippen molar-refractivity contribution in [2.24, 2.45) is 0 Å². The van der Waals surface area contributed by atoms with E-state index in [4.69, 9.17) is 9.26 Å². The van der Waals surface area contributed by atoms with Crippen LogP contribution in [0.3, 0.4) is 0 Å². The molecule has 0 bridgehead atoms. The molecule has 2 aromatic heterocycles. The van der Waals surface area contributed by atoms with E-state index in [1.807, 2.05) is 30.3 Å². The van der Waals surface area contributed by atoms with Crippen LogP contribution in [0.1, 0.15) is 37.0 Å². The predicted molar refractivity (Wildman–Crippen MR) is 130 cm³/mol. The number of rotatable bonds is 8. The summed E-state index contributed by atoms with van der Waals surface area (Å²) in [6, 6.07) is 19.3. The number of para-hydroxylation sites is 1. The van der Waals surface area contributed by atoms with Crippen LogP contribution < -0.4 is 10.6 Å². The van der Waals surface area contributed by atoms with Gasteiger partial charge in [0.2, 0.25) is 5.88 Å². The van der Waals surface area contributed by atoms with Crippen LogP contribution in [0.25, 0.3) is 11.1 Å². The number of aromatic nitrogens is 2. The molecule has 2 aromatic carbocycles. The third-order valence-corrected chi connectivity index (χ3v) is 5.53. The molecular weight excluding hydrogens is 467 g/mol. The lowest BCUT2D eigenvalue weighted by Crippen LogP contribution is -2.16. The van der Waals surface area contributed by atoms with E-state index in [0.717, 1.165) is 5.56 Å². The van der Waals surface area contributed by atoms with Gasteiger partial charge in [0.05, 0.1) is 5.92 Å². The van der Waals surface area contributed by atoms with Crippen molar-refractivity contribution in [3.05, 3.63) is 90.0 Å². The van der Waals surface area contributed by atoms with Crippen molar-refractivity contribution in [2.75, 3.05) is 10.6 Å². The van der Waals surface area contributed by atoms with Gasteiger partial charge in [-0.2, -0.15) is 4.39 Å². The molecule has 0 aliphatic rings. The average Bonchev–Trinajstić information content (AvgIpc) is 3.24. The quantitative estimate of drug-likeness (QED) is 0.270. The molecule has 0 aliphatic carbocycles. The number of benzene rings is 2. The molecule has 0 aliphatic heterocycles. The first-order valence-electron chi connectivity index (χ1n) is 11.1. The number of ether oxygens (including phenoxy) is 1. The number of carbonyl (C=O) groups is 2. The molecule has 184 valence electrons. The van der Waals surface area contributed by atoms with E-state index in [1.54, 1.807) is 50.2 Å². The Morgan fingerprint density at radius 2 is 1.75 bits per heavy atom. The van der Waals surface area contributed by atoms with Crippen LogP contribution in [0.15, 0.2) is 77.4 Å². The maximum Gasteiger partial charge on any atom is 0.414 e. The summed E-state index contributed by atoms with van der Waals surface area (Å²) in [6.45, 7) is 3.30. The Bertz CT molecular complexity index is 1360. The molecule has 4 rings (SSSR count). The zero-order chi connectivity index (χ0) is 25.7. The number of halogens is 1. The highest BCUT2D eigenvalue weighted by Gasteiger charge is 2.22. The smallest absolute Gasteiger partial charge is 0.414 e. The SMILES string of the molecule is CC(OC(=O)Nc1onc(F)c1-c1ccc(Nc2ccccc2C(C)C(=O)O)nc1)c1ccccc1. The van der Waals surface area contributed by atoms with Crippen LogP contribution in [-0.2, 0) is 9.53 Å². The topological polar surface area (TPSA) is 127 Å². The lowest BCUT2D eigenvalue weighted by atomic mass is 9.99. The van der Waals surface area contributed by atoms with E-state index in [0.29, 0.717) is 22.6 Å². The van der Waals surface area contributed by atoms with Crippen LogP contribution in [0, 0.1) is 5.95 Å². The Morgan fingerprint density at radius 1 is 1.03 bits per heavy atom. The van der Waals surface area contributed by atoms with E-state index in [-0.39, 0.29) is 11.4 Å². The Labute approximate surface area is 205 Å². The summed E-state index contributed by atoms with van der Waals surface area (Å²) >= 11 is 0. The molecule has 0 saturated heterocycles. The lowest BCUT2D eigenvalue weighted by Gasteiger charge is -2.14. The first-order chi connectivity index (χ1) is 17.3. The first kappa shape index (κ1) is 24.4. The van der Waals surface area contributed by atoms with Gasteiger partial charge >= 0.3 is 12.1 Å². The molecular formula is C26H23FN4O5. The Kier molecular flexibility index (Phi) is 7.24. The number of pyridine rings is 1. The largest absolute Gasteiger partial charge is 0.481 e. The molecule has 0 spiro atoms. The normalized spacial score (nSPS) is 12.4. The minimum Gasteiger partial charge on any atom is -0.481 e. The van der Waals surface area contributed by atoms with E-state index in [1.165, 1.54) is 6.20 Å². The minimum absolute atomic E-state index is 0.0849. The van der Waals surface area contributed by atoms with Gasteiger partial charge in [-0.25, -0.2) is 9.78 Å². The third kappa shape index (κ3) is 5.49. The molecule has 3 N–H and O–H groups in total. The van der Waals surface area contributed by atoms with Crippen molar-refractivity contribution in [3.63, 3.8) is 0 Å². The van der Waals surface area contributed by atoms with E-state index in [9.17, 15) is 19.1 Å². The second-order valence-electron chi connectivity index (χ2n) is 7.97. The van der Waals surface area contributed by atoms with Gasteiger partial charge < -0.3 is 19.7 Å². The van der Waals surface area contributed by atoms with E-state index < -0.39 is 30.0 Å². The van der Waals surface area contributed by atoms with Crippen LogP contribution in [0.4, 0.5) is 26.6 Å².